The summed E-state index contributed by atoms with van der Waals surface area (Å²) in [5.41, 5.74) is 0.584. The third kappa shape index (κ3) is 3.48. The molecule has 0 atom stereocenters. The molecule has 1 aromatic carbocycles. The molecular formula is C16H18ClN3O3S. The molecule has 1 aliphatic heterocycles. The van der Waals surface area contributed by atoms with Crippen LogP contribution in [-0.2, 0) is 10.0 Å². The first-order chi connectivity index (χ1) is 11.5. The van der Waals surface area contributed by atoms with Gasteiger partial charge in [0.25, 0.3) is 5.91 Å². The molecule has 1 amide bonds. The van der Waals surface area contributed by atoms with E-state index in [2.05, 4.69) is 4.98 Å². The van der Waals surface area contributed by atoms with E-state index in [-0.39, 0.29) is 17.3 Å². The van der Waals surface area contributed by atoms with Gasteiger partial charge in [-0.25, -0.2) is 8.42 Å². The fourth-order valence-electron chi connectivity index (χ4n) is 2.75. The molecule has 8 heteroatoms. The minimum absolute atomic E-state index is 0.0850. The van der Waals surface area contributed by atoms with Gasteiger partial charge in [0.2, 0.25) is 10.0 Å². The smallest absolute Gasteiger partial charge is 0.255 e. The van der Waals surface area contributed by atoms with Crippen LogP contribution in [0, 0.1) is 0 Å². The average molecular weight is 368 g/mol. The van der Waals surface area contributed by atoms with Crippen LogP contribution in [0.3, 0.4) is 0 Å². The molecule has 6 nitrogen and oxygen atoms in total. The van der Waals surface area contributed by atoms with E-state index >= 15 is 0 Å². The quantitative estimate of drug-likeness (QED) is 0.903. The molecule has 1 aromatic heterocycles. The molecule has 0 saturated carbocycles. The molecule has 0 bridgehead atoms. The first-order valence-corrected chi connectivity index (χ1v) is 9.48. The monoisotopic (exact) mass is 367 g/mol. The van der Waals surface area contributed by atoms with Gasteiger partial charge in [0.15, 0.2) is 0 Å². The van der Waals surface area contributed by atoms with E-state index in [0.717, 1.165) is 0 Å². The molecule has 24 heavy (non-hydrogen) atoms. The molecule has 0 aliphatic carbocycles. The van der Waals surface area contributed by atoms with Crippen molar-refractivity contribution in [2.45, 2.75) is 11.3 Å². The number of hydrogen-bond acceptors (Lipinski definition) is 3. The second kappa shape index (κ2) is 6.96. The zero-order valence-corrected chi connectivity index (χ0v) is 14.6. The number of nitrogens with one attached hydrogen (secondary N) is 1. The van der Waals surface area contributed by atoms with Gasteiger partial charge in [0.05, 0.1) is 10.5 Å². The number of halogens is 1. The molecule has 1 aliphatic rings. The fraction of sp³-hybridized carbons (Fsp3) is 0.312. The van der Waals surface area contributed by atoms with Crippen molar-refractivity contribution in [1.29, 1.82) is 0 Å². The number of rotatable bonds is 3. The van der Waals surface area contributed by atoms with E-state index in [4.69, 9.17) is 11.6 Å². The summed E-state index contributed by atoms with van der Waals surface area (Å²) in [7, 11) is -3.61. The third-order valence-electron chi connectivity index (χ3n) is 4.02. The second-order valence-electron chi connectivity index (χ2n) is 5.61. The minimum Gasteiger partial charge on any atom is -0.367 e. The van der Waals surface area contributed by atoms with Gasteiger partial charge in [-0.1, -0.05) is 17.7 Å². The molecule has 1 fully saturated rings. The Balaban J connectivity index is 1.74. The zero-order valence-electron chi connectivity index (χ0n) is 13.0. The number of carbonyl (C=O) groups is 1. The molecule has 2 heterocycles. The lowest BCUT2D eigenvalue weighted by molar-refractivity contribution is 0.0764. The van der Waals surface area contributed by atoms with E-state index in [1.807, 2.05) is 0 Å². The molecule has 0 radical (unpaired) electrons. The lowest BCUT2D eigenvalue weighted by atomic mass is 10.3. The highest BCUT2D eigenvalue weighted by Gasteiger charge is 2.28. The van der Waals surface area contributed by atoms with Gasteiger partial charge in [-0.3, -0.25) is 4.79 Å². The third-order valence-corrected chi connectivity index (χ3v) is 6.15. The highest BCUT2D eigenvalue weighted by Crippen LogP contribution is 2.21. The van der Waals surface area contributed by atoms with Crippen molar-refractivity contribution < 1.29 is 13.2 Å². The van der Waals surface area contributed by atoms with Crippen LogP contribution in [0.2, 0.25) is 5.02 Å². The molecule has 1 saturated heterocycles. The number of hydrogen-bond donors (Lipinski definition) is 1. The Morgan fingerprint density at radius 3 is 2.67 bits per heavy atom. The maximum Gasteiger partial charge on any atom is 0.255 e. The number of sulfonamides is 1. The maximum absolute atomic E-state index is 12.8. The van der Waals surface area contributed by atoms with Crippen LogP contribution < -0.4 is 0 Å². The summed E-state index contributed by atoms with van der Waals surface area (Å²) in [5, 5.41) is 0.384. The topological polar surface area (TPSA) is 73.5 Å². The van der Waals surface area contributed by atoms with Crippen LogP contribution in [0.4, 0.5) is 0 Å². The number of aromatic nitrogens is 1. The van der Waals surface area contributed by atoms with Crippen LogP contribution in [0.5, 0.6) is 0 Å². The normalized spacial score (nSPS) is 16.8. The number of amides is 1. The largest absolute Gasteiger partial charge is 0.367 e. The Hall–Kier alpha value is -1.83. The SMILES string of the molecule is O=C(c1cc[nH]c1)N1CCCN(S(=O)(=O)c2cccc(Cl)c2)CC1. The summed E-state index contributed by atoms with van der Waals surface area (Å²) >= 11 is 5.91. The molecule has 3 rings (SSSR count). The molecule has 1 N–H and O–H groups in total. The Morgan fingerprint density at radius 2 is 1.96 bits per heavy atom. The van der Waals surface area contributed by atoms with Gasteiger partial charge in [0, 0.05) is 43.6 Å². The van der Waals surface area contributed by atoms with Crippen molar-refractivity contribution >= 4 is 27.5 Å². The Morgan fingerprint density at radius 1 is 1.12 bits per heavy atom. The Bertz CT molecular complexity index is 821. The summed E-state index contributed by atoms with van der Waals surface area (Å²) in [4.78, 5) is 17.1. The second-order valence-corrected chi connectivity index (χ2v) is 7.98. The van der Waals surface area contributed by atoms with Crippen LogP contribution in [-0.4, -0.2) is 54.7 Å². The molecule has 2 aromatic rings. The zero-order chi connectivity index (χ0) is 17.2. The Labute approximate surface area is 146 Å². The standard InChI is InChI=1S/C16H18ClN3O3S/c17-14-3-1-4-15(11-14)24(22,23)20-8-2-7-19(9-10-20)16(21)13-5-6-18-12-13/h1,3-6,11-12,18H,2,7-10H2. The number of benzene rings is 1. The van der Waals surface area contributed by atoms with Crippen molar-refractivity contribution in [3.8, 4) is 0 Å². The Kier molecular flexibility index (Phi) is 4.93. The molecule has 0 unspecified atom stereocenters. The van der Waals surface area contributed by atoms with Crippen LogP contribution in [0.25, 0.3) is 0 Å². The molecule has 0 spiro atoms. The van der Waals surface area contributed by atoms with Crippen LogP contribution >= 0.6 is 11.6 Å². The molecule has 128 valence electrons. The summed E-state index contributed by atoms with van der Waals surface area (Å²) in [6.07, 6.45) is 3.94. The van der Waals surface area contributed by atoms with Crippen molar-refractivity contribution in [2.75, 3.05) is 26.2 Å². The van der Waals surface area contributed by atoms with Gasteiger partial charge >= 0.3 is 0 Å². The summed E-state index contributed by atoms with van der Waals surface area (Å²) in [6.45, 7) is 1.55. The van der Waals surface area contributed by atoms with E-state index in [9.17, 15) is 13.2 Å². The summed E-state index contributed by atoms with van der Waals surface area (Å²) in [5.74, 6) is -0.0850. The van der Waals surface area contributed by atoms with Crippen LogP contribution in [0.1, 0.15) is 16.8 Å². The van der Waals surface area contributed by atoms with Gasteiger partial charge in [-0.2, -0.15) is 4.31 Å². The minimum atomic E-state index is -3.61. The number of nitrogens with zero attached hydrogens (tertiary/aromatic N) is 2. The highest BCUT2D eigenvalue weighted by atomic mass is 35.5. The first kappa shape index (κ1) is 17.0. The van der Waals surface area contributed by atoms with Crippen molar-refractivity contribution in [3.63, 3.8) is 0 Å². The molecular weight excluding hydrogens is 350 g/mol. The maximum atomic E-state index is 12.8. The number of H-pyrrole nitrogens is 1. The summed E-state index contributed by atoms with van der Waals surface area (Å²) < 4.78 is 26.9. The van der Waals surface area contributed by atoms with Crippen molar-refractivity contribution in [3.05, 3.63) is 53.3 Å². The van der Waals surface area contributed by atoms with Crippen LogP contribution in [0.15, 0.2) is 47.6 Å². The average Bonchev–Trinajstić information content (AvgIpc) is 2.98. The van der Waals surface area contributed by atoms with Crippen molar-refractivity contribution in [1.82, 2.24) is 14.2 Å². The summed E-state index contributed by atoms with van der Waals surface area (Å²) in [6, 6.07) is 7.96. The van der Waals surface area contributed by atoms with E-state index < -0.39 is 10.0 Å². The predicted molar refractivity (Wildman–Crippen MR) is 91.5 cm³/mol. The van der Waals surface area contributed by atoms with Gasteiger partial charge in [-0.15, -0.1) is 0 Å². The number of carbonyl (C=O) groups excluding carboxylic acids is 1. The van der Waals surface area contributed by atoms with Gasteiger partial charge in [0.1, 0.15) is 0 Å². The van der Waals surface area contributed by atoms with Gasteiger partial charge in [-0.05, 0) is 30.7 Å². The van der Waals surface area contributed by atoms with E-state index in [1.54, 1.807) is 35.5 Å². The number of aromatic amines is 1. The highest BCUT2D eigenvalue weighted by molar-refractivity contribution is 7.89. The van der Waals surface area contributed by atoms with E-state index in [1.165, 1.54) is 16.4 Å². The lowest BCUT2D eigenvalue weighted by Gasteiger charge is -2.21. The predicted octanol–water partition coefficient (Wildman–Crippen LogP) is 2.20. The van der Waals surface area contributed by atoms with Gasteiger partial charge < -0.3 is 9.88 Å². The fourth-order valence-corrected chi connectivity index (χ4v) is 4.52. The lowest BCUT2D eigenvalue weighted by Crippen LogP contribution is -2.37. The first-order valence-electron chi connectivity index (χ1n) is 7.66. The van der Waals surface area contributed by atoms with Crippen molar-refractivity contribution in [2.24, 2.45) is 0 Å². The van der Waals surface area contributed by atoms with E-state index in [0.29, 0.717) is 36.6 Å².